The first kappa shape index (κ1) is 18.2. The smallest absolute Gasteiger partial charge is 0.257 e. The first-order valence-electron chi connectivity index (χ1n) is 9.73. The lowest BCUT2D eigenvalue weighted by molar-refractivity contribution is 0.0725. The molecule has 0 bridgehead atoms. The van der Waals surface area contributed by atoms with Gasteiger partial charge in [-0.2, -0.15) is 0 Å². The summed E-state index contributed by atoms with van der Waals surface area (Å²) in [6, 6.07) is 3.78. The molecule has 0 spiro atoms. The van der Waals surface area contributed by atoms with E-state index in [2.05, 4.69) is 29.3 Å². The third-order valence-electron chi connectivity index (χ3n) is 5.63. The fourth-order valence-electron chi connectivity index (χ4n) is 4.44. The zero-order valence-electron chi connectivity index (χ0n) is 15.8. The molecule has 1 aliphatic heterocycles. The van der Waals surface area contributed by atoms with E-state index in [-0.39, 0.29) is 5.91 Å². The number of likely N-dealkylation sites (tertiary alicyclic amines) is 1. The predicted molar refractivity (Wildman–Crippen MR) is 102 cm³/mol. The lowest BCUT2D eigenvalue weighted by atomic mass is 9.85. The third-order valence-corrected chi connectivity index (χ3v) is 5.63. The molecule has 138 valence electrons. The molecule has 0 radical (unpaired) electrons. The van der Waals surface area contributed by atoms with Crippen LogP contribution in [0.25, 0.3) is 0 Å². The molecule has 1 saturated carbocycles. The Hall–Kier alpha value is -1.62. The largest absolute Gasteiger partial charge is 0.369 e. The SMILES string of the molecule is CN(C)CC1(CNc2ncccc2C(=O)N2CCCCC2)CCCC1. The molecule has 1 aromatic rings. The average molecular weight is 345 g/mol. The number of hydrogen-bond acceptors (Lipinski definition) is 4. The Morgan fingerprint density at radius 1 is 1.20 bits per heavy atom. The second-order valence-electron chi connectivity index (χ2n) is 8.05. The van der Waals surface area contributed by atoms with E-state index in [1.165, 1.54) is 32.1 Å². The van der Waals surface area contributed by atoms with E-state index in [4.69, 9.17) is 0 Å². The Balaban J connectivity index is 1.71. The first-order valence-corrected chi connectivity index (χ1v) is 9.73. The van der Waals surface area contributed by atoms with Gasteiger partial charge in [-0.15, -0.1) is 0 Å². The highest BCUT2D eigenvalue weighted by Crippen LogP contribution is 2.38. The molecule has 5 heteroatoms. The van der Waals surface area contributed by atoms with Gasteiger partial charge in [-0.05, 0) is 58.3 Å². The van der Waals surface area contributed by atoms with Gasteiger partial charge in [0.15, 0.2) is 0 Å². The minimum absolute atomic E-state index is 0.128. The zero-order valence-corrected chi connectivity index (χ0v) is 15.8. The number of carbonyl (C=O) groups excluding carboxylic acids is 1. The van der Waals surface area contributed by atoms with Crippen LogP contribution in [0, 0.1) is 5.41 Å². The highest BCUT2D eigenvalue weighted by molar-refractivity contribution is 5.98. The van der Waals surface area contributed by atoms with Crippen molar-refractivity contribution in [2.24, 2.45) is 5.41 Å². The van der Waals surface area contributed by atoms with Crippen molar-refractivity contribution in [2.45, 2.75) is 44.9 Å². The maximum atomic E-state index is 12.9. The molecule has 0 unspecified atom stereocenters. The van der Waals surface area contributed by atoms with Crippen molar-refractivity contribution < 1.29 is 4.79 Å². The van der Waals surface area contributed by atoms with Crippen LogP contribution in [0.4, 0.5) is 5.82 Å². The zero-order chi connectivity index (χ0) is 17.7. The second kappa shape index (κ2) is 8.17. The van der Waals surface area contributed by atoms with Crippen molar-refractivity contribution in [3.8, 4) is 0 Å². The molecular weight excluding hydrogens is 312 g/mol. The second-order valence-corrected chi connectivity index (χ2v) is 8.05. The van der Waals surface area contributed by atoms with Crippen LogP contribution in [-0.2, 0) is 0 Å². The minimum Gasteiger partial charge on any atom is -0.369 e. The Bertz CT molecular complexity index is 575. The summed E-state index contributed by atoms with van der Waals surface area (Å²) in [5.74, 6) is 0.881. The molecule has 1 amide bonds. The van der Waals surface area contributed by atoms with Crippen LogP contribution < -0.4 is 5.32 Å². The molecule has 2 heterocycles. The summed E-state index contributed by atoms with van der Waals surface area (Å²) < 4.78 is 0. The van der Waals surface area contributed by atoms with E-state index in [0.717, 1.165) is 50.4 Å². The predicted octanol–water partition coefficient (Wildman–Crippen LogP) is 3.24. The van der Waals surface area contributed by atoms with E-state index in [1.807, 2.05) is 17.0 Å². The van der Waals surface area contributed by atoms with E-state index in [0.29, 0.717) is 5.41 Å². The van der Waals surface area contributed by atoms with Crippen LogP contribution in [0.2, 0.25) is 0 Å². The minimum atomic E-state index is 0.128. The Kier molecular flexibility index (Phi) is 5.94. The molecule has 1 N–H and O–H groups in total. The maximum Gasteiger partial charge on any atom is 0.257 e. The molecule has 0 atom stereocenters. The number of rotatable bonds is 6. The topological polar surface area (TPSA) is 48.5 Å². The quantitative estimate of drug-likeness (QED) is 0.861. The number of nitrogens with zero attached hydrogens (tertiary/aromatic N) is 3. The molecule has 0 aromatic carbocycles. The van der Waals surface area contributed by atoms with E-state index in [1.54, 1.807) is 6.20 Å². The van der Waals surface area contributed by atoms with Gasteiger partial charge in [0.25, 0.3) is 5.91 Å². The fraction of sp³-hybridized carbons (Fsp3) is 0.700. The standard InChI is InChI=1S/C20H32N4O/c1-23(2)16-20(10-4-5-11-20)15-22-18-17(9-8-12-21-18)19(25)24-13-6-3-7-14-24/h8-9,12H,3-7,10-11,13-16H2,1-2H3,(H,21,22). The van der Waals surface area contributed by atoms with Gasteiger partial charge >= 0.3 is 0 Å². The summed E-state index contributed by atoms with van der Waals surface area (Å²) in [5.41, 5.74) is 1.02. The monoisotopic (exact) mass is 344 g/mol. The van der Waals surface area contributed by atoms with Gasteiger partial charge in [0, 0.05) is 37.8 Å². The molecule has 1 aromatic heterocycles. The van der Waals surface area contributed by atoms with Crippen LogP contribution in [-0.4, -0.2) is 61.0 Å². The highest BCUT2D eigenvalue weighted by Gasteiger charge is 2.34. The van der Waals surface area contributed by atoms with Crippen molar-refractivity contribution in [1.29, 1.82) is 0 Å². The van der Waals surface area contributed by atoms with Crippen molar-refractivity contribution >= 4 is 11.7 Å². The Labute approximate surface area is 151 Å². The number of nitrogens with one attached hydrogen (secondary N) is 1. The molecule has 2 aliphatic rings. The number of amides is 1. The molecule has 5 nitrogen and oxygen atoms in total. The number of carbonyl (C=O) groups is 1. The third kappa shape index (κ3) is 4.51. The van der Waals surface area contributed by atoms with Crippen molar-refractivity contribution in [2.75, 3.05) is 45.6 Å². The molecule has 2 fully saturated rings. The summed E-state index contributed by atoms with van der Waals surface area (Å²) in [7, 11) is 4.29. The van der Waals surface area contributed by atoms with E-state index < -0.39 is 0 Å². The number of hydrogen-bond donors (Lipinski definition) is 1. The first-order chi connectivity index (χ1) is 12.1. The average Bonchev–Trinajstić information content (AvgIpc) is 3.08. The number of piperidine rings is 1. The van der Waals surface area contributed by atoms with Crippen LogP contribution in [0.5, 0.6) is 0 Å². The van der Waals surface area contributed by atoms with Gasteiger partial charge in [0.1, 0.15) is 5.82 Å². The summed E-state index contributed by atoms with van der Waals surface area (Å²) in [6.07, 6.45) is 10.3. The van der Waals surface area contributed by atoms with Crippen molar-refractivity contribution in [1.82, 2.24) is 14.8 Å². The normalized spacial score (nSPS) is 20.0. The number of pyridine rings is 1. The van der Waals surface area contributed by atoms with E-state index in [9.17, 15) is 4.79 Å². The van der Waals surface area contributed by atoms with Crippen LogP contribution >= 0.6 is 0 Å². The van der Waals surface area contributed by atoms with Crippen molar-refractivity contribution in [3.63, 3.8) is 0 Å². The molecular formula is C20H32N4O. The van der Waals surface area contributed by atoms with Gasteiger partial charge in [0.05, 0.1) is 5.56 Å². The van der Waals surface area contributed by atoms with Crippen molar-refractivity contribution in [3.05, 3.63) is 23.9 Å². The van der Waals surface area contributed by atoms with Gasteiger partial charge in [-0.25, -0.2) is 4.98 Å². The molecule has 3 rings (SSSR count). The molecule has 25 heavy (non-hydrogen) atoms. The molecule has 1 aliphatic carbocycles. The maximum absolute atomic E-state index is 12.9. The lowest BCUT2D eigenvalue weighted by Crippen LogP contribution is -2.38. The number of aromatic nitrogens is 1. The van der Waals surface area contributed by atoms with E-state index >= 15 is 0 Å². The van der Waals surface area contributed by atoms with Gasteiger partial charge < -0.3 is 15.1 Å². The van der Waals surface area contributed by atoms with Gasteiger partial charge in [0.2, 0.25) is 0 Å². The van der Waals surface area contributed by atoms with Crippen LogP contribution in [0.15, 0.2) is 18.3 Å². The Morgan fingerprint density at radius 2 is 1.92 bits per heavy atom. The number of anilines is 1. The van der Waals surface area contributed by atoms with Crippen LogP contribution in [0.1, 0.15) is 55.3 Å². The summed E-state index contributed by atoms with van der Waals surface area (Å²) in [6.45, 7) is 3.72. The lowest BCUT2D eigenvalue weighted by Gasteiger charge is -2.33. The van der Waals surface area contributed by atoms with Gasteiger partial charge in [-0.1, -0.05) is 12.8 Å². The Morgan fingerprint density at radius 3 is 2.60 bits per heavy atom. The van der Waals surface area contributed by atoms with Crippen LogP contribution in [0.3, 0.4) is 0 Å². The summed E-state index contributed by atoms with van der Waals surface area (Å²) in [5, 5.41) is 3.54. The van der Waals surface area contributed by atoms with Gasteiger partial charge in [-0.3, -0.25) is 4.79 Å². The highest BCUT2D eigenvalue weighted by atomic mass is 16.2. The summed E-state index contributed by atoms with van der Waals surface area (Å²) >= 11 is 0. The fourth-order valence-corrected chi connectivity index (χ4v) is 4.44. The molecule has 1 saturated heterocycles. The summed E-state index contributed by atoms with van der Waals surface area (Å²) in [4.78, 5) is 21.7.